The number of aromatic amines is 1. The SMILES string of the molecule is CNc1ncnc2c1c(-c1[nH]c3cc(CO)ccc3c1C)nn2C(C)(C)C. The van der Waals surface area contributed by atoms with Crippen LogP contribution in [0.15, 0.2) is 24.5 Å². The Bertz CT molecular complexity index is 1150. The van der Waals surface area contributed by atoms with Crippen LogP contribution in [-0.2, 0) is 12.1 Å². The highest BCUT2D eigenvalue weighted by atomic mass is 16.3. The van der Waals surface area contributed by atoms with Crippen LogP contribution in [0.2, 0.25) is 0 Å². The van der Waals surface area contributed by atoms with Crippen molar-refractivity contribution in [2.45, 2.75) is 39.8 Å². The largest absolute Gasteiger partial charge is 0.392 e. The van der Waals surface area contributed by atoms with Gasteiger partial charge in [0, 0.05) is 18.0 Å². The molecular formula is C20H24N6O. The molecule has 3 aromatic heterocycles. The third-order valence-electron chi connectivity index (χ3n) is 4.88. The minimum atomic E-state index is -0.222. The molecule has 0 aliphatic heterocycles. The van der Waals surface area contributed by atoms with E-state index in [0.29, 0.717) is 0 Å². The Balaban J connectivity index is 2.07. The summed E-state index contributed by atoms with van der Waals surface area (Å²) in [5, 5.41) is 19.5. The molecule has 1 aromatic carbocycles. The molecule has 0 unspecified atom stereocenters. The number of aliphatic hydroxyl groups excluding tert-OH is 1. The molecule has 0 aliphatic rings. The summed E-state index contributed by atoms with van der Waals surface area (Å²) in [4.78, 5) is 12.4. The van der Waals surface area contributed by atoms with Crippen molar-refractivity contribution in [3.05, 3.63) is 35.7 Å². The van der Waals surface area contributed by atoms with Gasteiger partial charge in [-0.2, -0.15) is 5.10 Å². The van der Waals surface area contributed by atoms with E-state index in [4.69, 9.17) is 5.10 Å². The third kappa shape index (κ3) is 2.66. The highest BCUT2D eigenvalue weighted by molar-refractivity contribution is 6.02. The van der Waals surface area contributed by atoms with Gasteiger partial charge in [-0.3, -0.25) is 0 Å². The van der Waals surface area contributed by atoms with Gasteiger partial charge in [-0.15, -0.1) is 0 Å². The van der Waals surface area contributed by atoms with Crippen molar-refractivity contribution in [1.82, 2.24) is 24.7 Å². The molecule has 0 fully saturated rings. The number of hydrogen-bond donors (Lipinski definition) is 3. The average molecular weight is 364 g/mol. The van der Waals surface area contributed by atoms with Crippen molar-refractivity contribution in [2.75, 3.05) is 12.4 Å². The number of aliphatic hydroxyl groups is 1. The Labute approximate surface area is 157 Å². The topological polar surface area (TPSA) is 91.7 Å². The Morgan fingerprint density at radius 1 is 1.22 bits per heavy atom. The summed E-state index contributed by atoms with van der Waals surface area (Å²) in [6.45, 7) is 8.42. The number of nitrogens with one attached hydrogen (secondary N) is 2. The number of nitrogens with zero attached hydrogens (tertiary/aromatic N) is 4. The van der Waals surface area contributed by atoms with E-state index in [1.165, 1.54) is 0 Å². The zero-order valence-corrected chi connectivity index (χ0v) is 16.3. The first-order valence-electron chi connectivity index (χ1n) is 8.99. The van der Waals surface area contributed by atoms with Gasteiger partial charge in [0.25, 0.3) is 0 Å². The predicted molar refractivity (Wildman–Crippen MR) is 108 cm³/mol. The molecule has 3 N–H and O–H groups in total. The van der Waals surface area contributed by atoms with Crippen LogP contribution in [-0.4, -0.2) is 36.9 Å². The summed E-state index contributed by atoms with van der Waals surface area (Å²) in [6.07, 6.45) is 1.56. The lowest BCUT2D eigenvalue weighted by Gasteiger charge is -2.19. The van der Waals surface area contributed by atoms with E-state index in [9.17, 15) is 5.11 Å². The fourth-order valence-corrected chi connectivity index (χ4v) is 3.50. The molecular weight excluding hydrogens is 340 g/mol. The molecule has 0 atom stereocenters. The fraction of sp³-hybridized carbons (Fsp3) is 0.350. The van der Waals surface area contributed by atoms with Gasteiger partial charge in [0.05, 0.1) is 23.2 Å². The molecule has 3 heterocycles. The monoisotopic (exact) mass is 364 g/mol. The lowest BCUT2D eigenvalue weighted by Crippen LogP contribution is -2.23. The summed E-state index contributed by atoms with van der Waals surface area (Å²) in [5.41, 5.74) is 5.31. The van der Waals surface area contributed by atoms with E-state index in [2.05, 4.69) is 48.0 Å². The van der Waals surface area contributed by atoms with Gasteiger partial charge in [0.15, 0.2) is 5.65 Å². The first kappa shape index (κ1) is 17.5. The van der Waals surface area contributed by atoms with Crippen LogP contribution < -0.4 is 5.32 Å². The van der Waals surface area contributed by atoms with Gasteiger partial charge >= 0.3 is 0 Å². The quantitative estimate of drug-likeness (QED) is 0.517. The van der Waals surface area contributed by atoms with Crippen LogP contribution in [0.5, 0.6) is 0 Å². The number of rotatable bonds is 3. The number of H-pyrrole nitrogens is 1. The fourth-order valence-electron chi connectivity index (χ4n) is 3.50. The minimum absolute atomic E-state index is 0.0165. The van der Waals surface area contributed by atoms with E-state index in [-0.39, 0.29) is 12.1 Å². The first-order chi connectivity index (χ1) is 12.8. The highest BCUT2D eigenvalue weighted by Crippen LogP contribution is 2.37. The lowest BCUT2D eigenvalue weighted by molar-refractivity contribution is 0.282. The maximum Gasteiger partial charge on any atom is 0.164 e. The van der Waals surface area contributed by atoms with Crippen LogP contribution >= 0.6 is 0 Å². The van der Waals surface area contributed by atoms with Crippen LogP contribution in [0, 0.1) is 6.92 Å². The number of benzene rings is 1. The Hall–Kier alpha value is -2.93. The average Bonchev–Trinajstić information content (AvgIpc) is 3.19. The molecule has 0 bridgehead atoms. The molecule has 27 heavy (non-hydrogen) atoms. The minimum Gasteiger partial charge on any atom is -0.392 e. The third-order valence-corrected chi connectivity index (χ3v) is 4.88. The van der Waals surface area contributed by atoms with Crippen molar-refractivity contribution in [3.8, 4) is 11.4 Å². The van der Waals surface area contributed by atoms with E-state index in [1.54, 1.807) is 6.33 Å². The highest BCUT2D eigenvalue weighted by Gasteiger charge is 2.26. The van der Waals surface area contributed by atoms with Crippen molar-refractivity contribution in [1.29, 1.82) is 0 Å². The predicted octanol–water partition coefficient (Wildman–Crippen LogP) is 3.57. The summed E-state index contributed by atoms with van der Waals surface area (Å²) >= 11 is 0. The second kappa shape index (κ2) is 6.06. The van der Waals surface area contributed by atoms with Crippen LogP contribution in [0.4, 0.5) is 5.82 Å². The van der Waals surface area contributed by atoms with Gasteiger partial charge in [-0.25, -0.2) is 14.6 Å². The number of anilines is 1. The summed E-state index contributed by atoms with van der Waals surface area (Å²) in [7, 11) is 1.85. The van der Waals surface area contributed by atoms with Crippen molar-refractivity contribution >= 4 is 27.8 Å². The molecule has 140 valence electrons. The standard InChI is InChI=1S/C20H24N6O/c1-11-13-7-6-12(9-27)8-14(13)24-16(11)17-15-18(21-5)22-10-23-19(15)26(25-17)20(2,3)4/h6-8,10,24,27H,9H2,1-5H3,(H,21,22,23). The Morgan fingerprint density at radius 2 is 2.00 bits per heavy atom. The maximum atomic E-state index is 9.44. The number of fused-ring (bicyclic) bond motifs is 2. The zero-order valence-electron chi connectivity index (χ0n) is 16.3. The summed E-state index contributed by atoms with van der Waals surface area (Å²) in [5.74, 6) is 0.750. The molecule has 0 spiro atoms. The summed E-state index contributed by atoms with van der Waals surface area (Å²) < 4.78 is 1.95. The first-order valence-corrected chi connectivity index (χ1v) is 8.99. The molecule has 7 heteroatoms. The van der Waals surface area contributed by atoms with E-state index in [0.717, 1.165) is 50.3 Å². The van der Waals surface area contributed by atoms with Crippen molar-refractivity contribution in [3.63, 3.8) is 0 Å². The number of aromatic nitrogens is 5. The summed E-state index contributed by atoms with van der Waals surface area (Å²) in [6, 6.07) is 5.96. The van der Waals surface area contributed by atoms with Crippen molar-refractivity contribution in [2.24, 2.45) is 0 Å². The van der Waals surface area contributed by atoms with Gasteiger partial charge in [0.1, 0.15) is 17.8 Å². The molecule has 0 saturated carbocycles. The smallest absolute Gasteiger partial charge is 0.164 e. The van der Waals surface area contributed by atoms with Crippen LogP contribution in [0.3, 0.4) is 0 Å². The molecule has 0 radical (unpaired) electrons. The normalized spacial score (nSPS) is 12.2. The Morgan fingerprint density at radius 3 is 2.67 bits per heavy atom. The molecule has 7 nitrogen and oxygen atoms in total. The van der Waals surface area contributed by atoms with Crippen LogP contribution in [0.25, 0.3) is 33.3 Å². The second-order valence-corrected chi connectivity index (χ2v) is 7.77. The lowest BCUT2D eigenvalue weighted by atomic mass is 10.1. The molecule has 0 saturated heterocycles. The number of aryl methyl sites for hydroxylation is 1. The van der Waals surface area contributed by atoms with E-state index < -0.39 is 0 Å². The van der Waals surface area contributed by atoms with Gasteiger partial charge in [-0.1, -0.05) is 12.1 Å². The van der Waals surface area contributed by atoms with Gasteiger partial charge in [0.2, 0.25) is 0 Å². The van der Waals surface area contributed by atoms with Crippen LogP contribution in [0.1, 0.15) is 31.9 Å². The Kier molecular flexibility index (Phi) is 3.92. The molecule has 4 rings (SSSR count). The number of hydrogen-bond acceptors (Lipinski definition) is 5. The molecule has 0 amide bonds. The second-order valence-electron chi connectivity index (χ2n) is 7.77. The molecule has 0 aliphatic carbocycles. The maximum absolute atomic E-state index is 9.44. The molecule has 4 aromatic rings. The van der Waals surface area contributed by atoms with E-state index >= 15 is 0 Å². The van der Waals surface area contributed by atoms with E-state index in [1.807, 2.05) is 29.9 Å². The zero-order chi connectivity index (χ0) is 19.3. The van der Waals surface area contributed by atoms with Crippen molar-refractivity contribution < 1.29 is 5.11 Å². The van der Waals surface area contributed by atoms with Gasteiger partial charge in [-0.05, 0) is 44.9 Å². The van der Waals surface area contributed by atoms with Gasteiger partial charge < -0.3 is 15.4 Å².